The van der Waals surface area contributed by atoms with Crippen molar-refractivity contribution in [3.63, 3.8) is 0 Å². The van der Waals surface area contributed by atoms with Crippen molar-refractivity contribution in [1.82, 2.24) is 14.4 Å². The maximum atomic E-state index is 12.9. The molecule has 0 spiro atoms. The number of amides is 1. The van der Waals surface area contributed by atoms with Gasteiger partial charge in [-0.1, -0.05) is 38.1 Å². The molecule has 0 bridgehead atoms. The Morgan fingerprint density at radius 2 is 1.63 bits per heavy atom. The molecule has 0 N–H and O–H groups in total. The predicted octanol–water partition coefficient (Wildman–Crippen LogP) is 3.33. The van der Waals surface area contributed by atoms with Crippen LogP contribution in [-0.2, 0) is 24.1 Å². The van der Waals surface area contributed by atoms with Crippen molar-refractivity contribution < 1.29 is 18.0 Å². The number of carbonyl (C=O) groups is 1. The first-order chi connectivity index (χ1) is 14.1. The maximum Gasteiger partial charge on any atom is 0.417 e. The normalized spacial score (nSPS) is 15.6. The average Bonchev–Trinajstić information content (AvgIpc) is 2.69. The second kappa shape index (κ2) is 9.04. The van der Waals surface area contributed by atoms with Gasteiger partial charge in [-0.3, -0.25) is 14.5 Å². The summed E-state index contributed by atoms with van der Waals surface area (Å²) < 4.78 is 39.4. The van der Waals surface area contributed by atoms with E-state index in [2.05, 4.69) is 43.0 Å². The second-order valence-corrected chi connectivity index (χ2v) is 7.93. The summed E-state index contributed by atoms with van der Waals surface area (Å²) >= 11 is 0. The molecule has 1 aromatic heterocycles. The summed E-state index contributed by atoms with van der Waals surface area (Å²) in [6, 6.07) is 10.1. The van der Waals surface area contributed by atoms with Crippen LogP contribution in [0, 0.1) is 0 Å². The lowest BCUT2D eigenvalue weighted by atomic mass is 10.0. The summed E-state index contributed by atoms with van der Waals surface area (Å²) in [7, 11) is 0. The van der Waals surface area contributed by atoms with Gasteiger partial charge in [0.1, 0.15) is 6.54 Å². The number of pyridine rings is 1. The molecule has 0 atom stereocenters. The summed E-state index contributed by atoms with van der Waals surface area (Å²) in [5, 5.41) is 0. The van der Waals surface area contributed by atoms with Crippen LogP contribution in [0.1, 0.15) is 36.5 Å². The van der Waals surface area contributed by atoms with Crippen LogP contribution in [0.25, 0.3) is 0 Å². The molecule has 2 heterocycles. The molecule has 1 fully saturated rings. The lowest BCUT2D eigenvalue weighted by Gasteiger charge is -2.35. The minimum absolute atomic E-state index is 0.350. The minimum atomic E-state index is -4.56. The van der Waals surface area contributed by atoms with Crippen LogP contribution in [-0.4, -0.2) is 46.5 Å². The molecular weight excluding hydrogens is 395 g/mol. The van der Waals surface area contributed by atoms with Crippen LogP contribution in [0.2, 0.25) is 0 Å². The minimum Gasteiger partial charge on any atom is -0.339 e. The number of benzene rings is 1. The number of carbonyl (C=O) groups excluding carboxylic acids is 1. The smallest absolute Gasteiger partial charge is 0.339 e. The van der Waals surface area contributed by atoms with Crippen LogP contribution < -0.4 is 5.56 Å². The molecule has 0 radical (unpaired) electrons. The van der Waals surface area contributed by atoms with Gasteiger partial charge in [-0.2, -0.15) is 13.2 Å². The van der Waals surface area contributed by atoms with E-state index >= 15 is 0 Å². The highest BCUT2D eigenvalue weighted by molar-refractivity contribution is 5.76. The summed E-state index contributed by atoms with van der Waals surface area (Å²) in [5.41, 5.74) is 0.928. The van der Waals surface area contributed by atoms with E-state index in [0.29, 0.717) is 38.3 Å². The number of aromatic nitrogens is 1. The van der Waals surface area contributed by atoms with Crippen molar-refractivity contribution in [2.45, 2.75) is 39.0 Å². The van der Waals surface area contributed by atoms with Crippen LogP contribution in [0.3, 0.4) is 0 Å². The largest absolute Gasteiger partial charge is 0.417 e. The van der Waals surface area contributed by atoms with Gasteiger partial charge in [0.2, 0.25) is 5.91 Å². The number of hydrogen-bond donors (Lipinski definition) is 0. The molecule has 0 aliphatic carbocycles. The summed E-state index contributed by atoms with van der Waals surface area (Å²) in [4.78, 5) is 28.2. The van der Waals surface area contributed by atoms with E-state index in [4.69, 9.17) is 0 Å². The lowest BCUT2D eigenvalue weighted by Crippen LogP contribution is -2.49. The average molecular weight is 421 g/mol. The van der Waals surface area contributed by atoms with Crippen molar-refractivity contribution in [3.05, 3.63) is 69.6 Å². The summed E-state index contributed by atoms with van der Waals surface area (Å²) in [6.45, 7) is 7.02. The zero-order valence-electron chi connectivity index (χ0n) is 17.2. The number of halogens is 3. The quantitative estimate of drug-likeness (QED) is 0.744. The van der Waals surface area contributed by atoms with Gasteiger partial charge in [0.05, 0.1) is 5.56 Å². The van der Waals surface area contributed by atoms with E-state index in [1.807, 2.05) is 0 Å². The highest BCUT2D eigenvalue weighted by atomic mass is 19.4. The zero-order chi connectivity index (χ0) is 21.9. The van der Waals surface area contributed by atoms with Crippen LogP contribution >= 0.6 is 0 Å². The molecule has 1 aliphatic heterocycles. The van der Waals surface area contributed by atoms with Crippen molar-refractivity contribution in [2.75, 3.05) is 26.2 Å². The third-order valence-corrected chi connectivity index (χ3v) is 5.39. The van der Waals surface area contributed by atoms with Gasteiger partial charge in [-0.25, -0.2) is 0 Å². The lowest BCUT2D eigenvalue weighted by molar-refractivity contribution is -0.139. The van der Waals surface area contributed by atoms with E-state index in [0.717, 1.165) is 23.2 Å². The Morgan fingerprint density at radius 3 is 2.20 bits per heavy atom. The fraction of sp³-hybridized carbons (Fsp3) is 0.455. The molecule has 5 nitrogen and oxygen atoms in total. The predicted molar refractivity (Wildman–Crippen MR) is 108 cm³/mol. The summed E-state index contributed by atoms with van der Waals surface area (Å²) in [5.74, 6) is 0.135. The molecule has 30 heavy (non-hydrogen) atoms. The first-order valence-electron chi connectivity index (χ1n) is 10.00. The van der Waals surface area contributed by atoms with Crippen molar-refractivity contribution in [2.24, 2.45) is 0 Å². The zero-order valence-corrected chi connectivity index (χ0v) is 17.2. The first kappa shape index (κ1) is 22.1. The number of nitrogens with zero attached hydrogens (tertiary/aromatic N) is 3. The Labute approximate surface area is 173 Å². The second-order valence-electron chi connectivity index (χ2n) is 7.93. The van der Waals surface area contributed by atoms with E-state index in [9.17, 15) is 22.8 Å². The Morgan fingerprint density at radius 1 is 1.00 bits per heavy atom. The Balaban J connectivity index is 1.55. The van der Waals surface area contributed by atoms with Gasteiger partial charge in [0.25, 0.3) is 5.56 Å². The van der Waals surface area contributed by atoms with Gasteiger partial charge in [-0.15, -0.1) is 0 Å². The highest BCUT2D eigenvalue weighted by Crippen LogP contribution is 2.28. The van der Waals surface area contributed by atoms with Crippen molar-refractivity contribution in [3.8, 4) is 0 Å². The van der Waals surface area contributed by atoms with Gasteiger partial charge in [0.15, 0.2) is 0 Å². The number of alkyl halides is 3. The van der Waals surface area contributed by atoms with Gasteiger partial charge < -0.3 is 9.47 Å². The molecule has 0 unspecified atom stereocenters. The molecule has 1 saturated heterocycles. The van der Waals surface area contributed by atoms with Crippen LogP contribution in [0.4, 0.5) is 13.2 Å². The fourth-order valence-corrected chi connectivity index (χ4v) is 3.49. The molecule has 1 aliphatic rings. The van der Waals surface area contributed by atoms with E-state index in [1.165, 1.54) is 11.1 Å². The van der Waals surface area contributed by atoms with E-state index < -0.39 is 17.3 Å². The van der Waals surface area contributed by atoms with Gasteiger partial charge >= 0.3 is 6.18 Å². The molecular formula is C22H26F3N3O2. The van der Waals surface area contributed by atoms with Gasteiger partial charge in [-0.05, 0) is 23.1 Å². The molecule has 1 aromatic carbocycles. The Hall–Kier alpha value is -2.61. The number of piperazine rings is 1. The molecule has 2 aromatic rings. The monoisotopic (exact) mass is 421 g/mol. The van der Waals surface area contributed by atoms with E-state index in [-0.39, 0.29) is 12.5 Å². The van der Waals surface area contributed by atoms with Crippen molar-refractivity contribution >= 4 is 5.91 Å². The molecule has 0 saturated carbocycles. The Bertz CT molecular complexity index is 928. The molecule has 3 rings (SSSR count). The standard InChI is InChI=1S/C22H26F3N3O2/c1-16(2)18-5-3-17(4-6-18)13-26-9-11-27(12-10-26)21(30)15-28-14-19(22(23,24)25)7-8-20(28)29/h3-8,14,16H,9-13,15H2,1-2H3. The SMILES string of the molecule is CC(C)c1ccc(CN2CCN(C(=O)Cn3cc(C(F)(F)F)ccc3=O)CC2)cc1. The first-order valence-corrected chi connectivity index (χ1v) is 10.00. The molecule has 162 valence electrons. The van der Waals surface area contributed by atoms with Gasteiger partial charge in [0, 0.05) is 45.0 Å². The van der Waals surface area contributed by atoms with Crippen LogP contribution in [0.5, 0.6) is 0 Å². The fourth-order valence-electron chi connectivity index (χ4n) is 3.49. The third kappa shape index (κ3) is 5.50. The van der Waals surface area contributed by atoms with Crippen LogP contribution in [0.15, 0.2) is 47.4 Å². The highest BCUT2D eigenvalue weighted by Gasteiger charge is 2.31. The topological polar surface area (TPSA) is 45.5 Å². The third-order valence-electron chi connectivity index (χ3n) is 5.39. The molecule has 1 amide bonds. The molecule has 8 heteroatoms. The number of rotatable bonds is 5. The Kier molecular flexibility index (Phi) is 6.65. The van der Waals surface area contributed by atoms with E-state index in [1.54, 1.807) is 4.90 Å². The maximum absolute atomic E-state index is 12.9. The number of hydrogen-bond acceptors (Lipinski definition) is 3. The van der Waals surface area contributed by atoms with Crippen molar-refractivity contribution in [1.29, 1.82) is 0 Å². The summed E-state index contributed by atoms with van der Waals surface area (Å²) in [6.07, 6.45) is -3.85.